The van der Waals surface area contributed by atoms with Gasteiger partial charge in [0.15, 0.2) is 0 Å². The molecule has 3 amide bonds. The molecule has 1 aliphatic rings. The van der Waals surface area contributed by atoms with Crippen molar-refractivity contribution >= 4 is 17.7 Å². The topological polar surface area (TPSA) is 57.7 Å². The molecule has 0 unspecified atom stereocenters. The summed E-state index contributed by atoms with van der Waals surface area (Å²) in [5, 5.41) is 0. The van der Waals surface area contributed by atoms with E-state index in [1.54, 1.807) is 25.1 Å². The molecule has 1 aromatic rings. The van der Waals surface area contributed by atoms with Crippen molar-refractivity contribution in [3.05, 3.63) is 34.9 Å². The van der Waals surface area contributed by atoms with Crippen LogP contribution in [-0.4, -0.2) is 53.8 Å². The molecule has 1 heterocycles. The lowest BCUT2D eigenvalue weighted by Gasteiger charge is -2.20. The minimum Gasteiger partial charge on any atom is -0.345 e. The predicted molar refractivity (Wildman–Crippen MR) is 79.5 cm³/mol. The third kappa shape index (κ3) is 3.93. The van der Waals surface area contributed by atoms with E-state index in [9.17, 15) is 27.6 Å². The van der Waals surface area contributed by atoms with Crippen molar-refractivity contribution < 1.29 is 27.6 Å². The Bertz CT molecular complexity index is 686. The van der Waals surface area contributed by atoms with E-state index in [1.165, 1.54) is 7.05 Å². The fourth-order valence-electron chi connectivity index (χ4n) is 2.43. The van der Waals surface area contributed by atoms with Gasteiger partial charge in [0, 0.05) is 26.6 Å². The molecule has 0 fully saturated rings. The summed E-state index contributed by atoms with van der Waals surface area (Å²) < 4.78 is 36.5. The largest absolute Gasteiger partial charge is 0.390 e. The second-order valence-corrected chi connectivity index (χ2v) is 5.74. The molecular formula is C16H17F3N2O3. The monoisotopic (exact) mass is 342 g/mol. The van der Waals surface area contributed by atoms with Gasteiger partial charge < -0.3 is 4.90 Å². The molecule has 0 N–H and O–H groups in total. The number of nitrogens with zero attached hydrogens (tertiary/aromatic N) is 2. The molecule has 0 atom stereocenters. The molecule has 0 radical (unpaired) electrons. The van der Waals surface area contributed by atoms with Gasteiger partial charge in [-0.15, -0.1) is 0 Å². The third-order valence-electron chi connectivity index (χ3n) is 3.83. The van der Waals surface area contributed by atoms with Gasteiger partial charge in [0.25, 0.3) is 11.8 Å². The van der Waals surface area contributed by atoms with E-state index in [2.05, 4.69) is 0 Å². The minimum absolute atomic E-state index is 0.152. The van der Waals surface area contributed by atoms with Crippen molar-refractivity contribution in [1.82, 2.24) is 9.80 Å². The van der Waals surface area contributed by atoms with Gasteiger partial charge in [-0.1, -0.05) is 11.6 Å². The molecular weight excluding hydrogens is 325 g/mol. The van der Waals surface area contributed by atoms with Gasteiger partial charge in [0.1, 0.15) is 0 Å². The first-order valence-corrected chi connectivity index (χ1v) is 7.37. The van der Waals surface area contributed by atoms with E-state index in [4.69, 9.17) is 0 Å². The van der Waals surface area contributed by atoms with Crippen LogP contribution in [0.15, 0.2) is 18.2 Å². The van der Waals surface area contributed by atoms with Gasteiger partial charge in [-0.25, -0.2) is 0 Å². The number of carbonyl (C=O) groups is 3. The van der Waals surface area contributed by atoms with Crippen molar-refractivity contribution in [2.45, 2.75) is 25.9 Å². The highest BCUT2D eigenvalue weighted by Gasteiger charge is 2.35. The van der Waals surface area contributed by atoms with Crippen molar-refractivity contribution in [1.29, 1.82) is 0 Å². The van der Waals surface area contributed by atoms with Crippen LogP contribution in [0.1, 0.15) is 39.1 Å². The summed E-state index contributed by atoms with van der Waals surface area (Å²) >= 11 is 0. The summed E-state index contributed by atoms with van der Waals surface area (Å²) in [4.78, 5) is 38.2. The maximum absolute atomic E-state index is 12.2. The van der Waals surface area contributed by atoms with Crippen LogP contribution < -0.4 is 0 Å². The molecule has 1 aliphatic heterocycles. The molecule has 1 aromatic carbocycles. The molecule has 0 bridgehead atoms. The summed E-state index contributed by atoms with van der Waals surface area (Å²) in [6.45, 7) is 1.18. The Morgan fingerprint density at radius 3 is 2.42 bits per heavy atom. The zero-order valence-electron chi connectivity index (χ0n) is 13.3. The molecule has 0 aromatic heterocycles. The average Bonchev–Trinajstić information content (AvgIpc) is 2.73. The number of hydrogen-bond acceptors (Lipinski definition) is 3. The zero-order chi connectivity index (χ0) is 18.1. The van der Waals surface area contributed by atoms with Crippen LogP contribution in [0.3, 0.4) is 0 Å². The smallest absolute Gasteiger partial charge is 0.345 e. The number of alkyl halides is 3. The van der Waals surface area contributed by atoms with Crippen LogP contribution in [0.5, 0.6) is 0 Å². The molecule has 130 valence electrons. The summed E-state index contributed by atoms with van der Waals surface area (Å²) in [5.41, 5.74) is 1.40. The highest BCUT2D eigenvalue weighted by atomic mass is 19.4. The maximum Gasteiger partial charge on any atom is 0.390 e. The Morgan fingerprint density at radius 2 is 1.79 bits per heavy atom. The number of carbonyl (C=O) groups excluding carboxylic acids is 3. The van der Waals surface area contributed by atoms with Gasteiger partial charge in [-0.05, 0) is 19.1 Å². The molecule has 0 saturated carbocycles. The Balaban J connectivity index is 1.94. The highest BCUT2D eigenvalue weighted by molar-refractivity contribution is 6.21. The molecule has 0 saturated heterocycles. The van der Waals surface area contributed by atoms with E-state index in [-0.39, 0.29) is 24.1 Å². The predicted octanol–water partition coefficient (Wildman–Crippen LogP) is 2.39. The van der Waals surface area contributed by atoms with Crippen LogP contribution in [0, 0.1) is 6.92 Å². The fourth-order valence-corrected chi connectivity index (χ4v) is 2.43. The van der Waals surface area contributed by atoms with Crippen LogP contribution in [-0.2, 0) is 4.79 Å². The standard InChI is InChI=1S/C16H17F3N2O3/c1-10-3-4-11-12(9-10)15(24)21(14(11)23)7-5-13(22)20(2)8-6-16(17,18)19/h3-4,9H,5-8H2,1-2H3. The van der Waals surface area contributed by atoms with E-state index in [0.717, 1.165) is 15.4 Å². The molecule has 5 nitrogen and oxygen atoms in total. The normalized spacial score (nSPS) is 14.1. The van der Waals surface area contributed by atoms with E-state index in [1.807, 2.05) is 0 Å². The Kier molecular flexibility index (Phi) is 4.96. The number of fused-ring (bicyclic) bond motifs is 1. The van der Waals surface area contributed by atoms with E-state index >= 15 is 0 Å². The minimum atomic E-state index is -4.34. The van der Waals surface area contributed by atoms with E-state index < -0.39 is 36.9 Å². The van der Waals surface area contributed by atoms with Crippen LogP contribution in [0.4, 0.5) is 13.2 Å². The van der Waals surface area contributed by atoms with Gasteiger partial charge >= 0.3 is 6.18 Å². The maximum atomic E-state index is 12.2. The summed E-state index contributed by atoms with van der Waals surface area (Å²) in [7, 11) is 1.26. The average molecular weight is 342 g/mol. The first-order valence-electron chi connectivity index (χ1n) is 7.37. The first-order chi connectivity index (χ1) is 11.1. The number of hydrogen-bond donors (Lipinski definition) is 0. The fraction of sp³-hybridized carbons (Fsp3) is 0.438. The highest BCUT2D eigenvalue weighted by Crippen LogP contribution is 2.24. The Labute approximate surface area is 137 Å². The van der Waals surface area contributed by atoms with Crippen LogP contribution in [0.2, 0.25) is 0 Å². The number of imide groups is 1. The van der Waals surface area contributed by atoms with Gasteiger partial charge in [0.05, 0.1) is 17.5 Å². The number of amides is 3. The van der Waals surface area contributed by atoms with Gasteiger partial charge in [0.2, 0.25) is 5.91 Å². The SMILES string of the molecule is Cc1ccc2c(c1)C(=O)N(CCC(=O)N(C)CCC(F)(F)F)C2=O. The second-order valence-electron chi connectivity index (χ2n) is 5.74. The molecule has 24 heavy (non-hydrogen) atoms. The lowest BCUT2D eigenvalue weighted by Crippen LogP contribution is -2.36. The number of aryl methyl sites for hydroxylation is 1. The van der Waals surface area contributed by atoms with Gasteiger partial charge in [-0.3, -0.25) is 19.3 Å². The third-order valence-corrected chi connectivity index (χ3v) is 3.83. The zero-order valence-corrected chi connectivity index (χ0v) is 13.3. The first kappa shape index (κ1) is 18.0. The number of halogens is 3. The van der Waals surface area contributed by atoms with E-state index in [0.29, 0.717) is 0 Å². The summed E-state index contributed by atoms with van der Waals surface area (Å²) in [5.74, 6) is -1.52. The molecule has 0 aliphatic carbocycles. The number of benzene rings is 1. The van der Waals surface area contributed by atoms with Crippen molar-refractivity contribution in [2.24, 2.45) is 0 Å². The lowest BCUT2D eigenvalue weighted by molar-refractivity contribution is -0.144. The van der Waals surface area contributed by atoms with Gasteiger partial charge in [-0.2, -0.15) is 13.2 Å². The Hall–Kier alpha value is -2.38. The van der Waals surface area contributed by atoms with Crippen LogP contribution in [0.25, 0.3) is 0 Å². The van der Waals surface area contributed by atoms with Crippen molar-refractivity contribution in [3.8, 4) is 0 Å². The van der Waals surface area contributed by atoms with Crippen molar-refractivity contribution in [2.75, 3.05) is 20.1 Å². The molecule has 2 rings (SSSR count). The summed E-state index contributed by atoms with van der Waals surface area (Å²) in [6.07, 6.45) is -5.64. The quantitative estimate of drug-likeness (QED) is 0.772. The van der Waals surface area contributed by atoms with Crippen molar-refractivity contribution in [3.63, 3.8) is 0 Å². The van der Waals surface area contributed by atoms with Crippen LogP contribution >= 0.6 is 0 Å². The Morgan fingerprint density at radius 1 is 1.17 bits per heavy atom. The lowest BCUT2D eigenvalue weighted by atomic mass is 10.1. The second kappa shape index (κ2) is 6.62. The summed E-state index contributed by atoms with van der Waals surface area (Å²) in [6, 6.07) is 4.87. The molecule has 8 heteroatoms. The number of rotatable bonds is 5. The molecule has 0 spiro atoms.